The number of nitrogens with one attached hydrogen (secondary N) is 1. The molecular weight excluding hydrogens is 268 g/mol. The average molecular weight is 290 g/mol. The second-order valence-electron chi connectivity index (χ2n) is 5.77. The molecular formula is C16H22N2O3. The lowest BCUT2D eigenvalue weighted by Crippen LogP contribution is -2.40. The molecule has 1 aliphatic rings. The van der Waals surface area contributed by atoms with Gasteiger partial charge in [-0.15, -0.1) is 0 Å². The van der Waals surface area contributed by atoms with E-state index in [0.717, 1.165) is 0 Å². The summed E-state index contributed by atoms with van der Waals surface area (Å²) in [5.41, 5.74) is 2.40. The van der Waals surface area contributed by atoms with Crippen molar-refractivity contribution in [3.63, 3.8) is 0 Å². The summed E-state index contributed by atoms with van der Waals surface area (Å²) in [6.45, 7) is 5.48. The first-order chi connectivity index (χ1) is 9.97. The molecule has 1 aromatic carbocycles. The number of amides is 2. The fraction of sp³-hybridized carbons (Fsp3) is 0.500. The number of likely N-dealkylation sites (tertiary alicyclic amines) is 1. The van der Waals surface area contributed by atoms with Gasteiger partial charge >= 0.3 is 12.0 Å². The van der Waals surface area contributed by atoms with E-state index in [9.17, 15) is 9.59 Å². The molecule has 1 aliphatic heterocycles. The van der Waals surface area contributed by atoms with Crippen molar-refractivity contribution in [1.29, 1.82) is 0 Å². The van der Waals surface area contributed by atoms with Crippen LogP contribution in [0.3, 0.4) is 0 Å². The van der Waals surface area contributed by atoms with Crippen molar-refractivity contribution < 1.29 is 14.7 Å². The van der Waals surface area contributed by atoms with Gasteiger partial charge in [0.05, 0.1) is 5.92 Å². The Morgan fingerprint density at radius 1 is 1.38 bits per heavy atom. The van der Waals surface area contributed by atoms with Gasteiger partial charge in [0.25, 0.3) is 0 Å². The van der Waals surface area contributed by atoms with Crippen molar-refractivity contribution >= 4 is 12.0 Å². The van der Waals surface area contributed by atoms with Crippen molar-refractivity contribution in [1.82, 2.24) is 10.2 Å². The zero-order valence-corrected chi connectivity index (χ0v) is 12.5. The molecule has 2 amide bonds. The minimum Gasteiger partial charge on any atom is -0.481 e. The molecule has 0 radical (unpaired) electrons. The van der Waals surface area contributed by atoms with Crippen LogP contribution in [0.5, 0.6) is 0 Å². The van der Waals surface area contributed by atoms with Crippen molar-refractivity contribution in [2.24, 2.45) is 5.92 Å². The third-order valence-corrected chi connectivity index (χ3v) is 4.03. The second-order valence-corrected chi connectivity index (χ2v) is 5.77. The van der Waals surface area contributed by atoms with Gasteiger partial charge in [0.15, 0.2) is 0 Å². The standard InChI is InChI=1S/C16H22N2O3/c1-11-3-5-13(6-4-11)12(2)9-17-16(21)18-8-7-14(10-18)15(19)20/h3-6,12,14H,7-10H2,1-2H3,(H,17,21)(H,19,20). The van der Waals surface area contributed by atoms with E-state index in [-0.39, 0.29) is 11.9 Å². The molecule has 0 aliphatic carbocycles. The third-order valence-electron chi connectivity index (χ3n) is 4.03. The van der Waals surface area contributed by atoms with Gasteiger partial charge in [0.1, 0.15) is 0 Å². The van der Waals surface area contributed by atoms with Crippen LogP contribution in [-0.4, -0.2) is 41.6 Å². The first-order valence-electron chi connectivity index (χ1n) is 7.29. The van der Waals surface area contributed by atoms with E-state index in [1.54, 1.807) is 4.90 Å². The number of carbonyl (C=O) groups excluding carboxylic acids is 1. The summed E-state index contributed by atoms with van der Waals surface area (Å²) in [4.78, 5) is 24.5. The molecule has 5 heteroatoms. The van der Waals surface area contributed by atoms with E-state index in [2.05, 4.69) is 36.5 Å². The van der Waals surface area contributed by atoms with Gasteiger partial charge in [-0.25, -0.2) is 4.79 Å². The van der Waals surface area contributed by atoms with Crippen LogP contribution >= 0.6 is 0 Å². The van der Waals surface area contributed by atoms with Crippen molar-refractivity contribution in [2.75, 3.05) is 19.6 Å². The van der Waals surface area contributed by atoms with Gasteiger partial charge in [-0.2, -0.15) is 0 Å². The monoisotopic (exact) mass is 290 g/mol. The molecule has 1 aromatic rings. The zero-order chi connectivity index (χ0) is 15.4. The highest BCUT2D eigenvalue weighted by Crippen LogP contribution is 2.17. The molecule has 0 aromatic heterocycles. The Labute approximate surface area is 125 Å². The maximum atomic E-state index is 12.0. The molecule has 0 spiro atoms. The van der Waals surface area contributed by atoms with Crippen LogP contribution in [0.4, 0.5) is 4.79 Å². The summed E-state index contributed by atoms with van der Waals surface area (Å²) in [7, 11) is 0. The number of hydrogen-bond acceptors (Lipinski definition) is 2. The third kappa shape index (κ3) is 3.97. The molecule has 2 unspecified atom stereocenters. The lowest BCUT2D eigenvalue weighted by Gasteiger charge is -2.19. The molecule has 1 saturated heterocycles. The summed E-state index contributed by atoms with van der Waals surface area (Å²) in [6, 6.07) is 8.10. The largest absolute Gasteiger partial charge is 0.481 e. The molecule has 0 bridgehead atoms. The van der Waals surface area contributed by atoms with Crippen LogP contribution in [-0.2, 0) is 4.79 Å². The maximum Gasteiger partial charge on any atom is 0.317 e. The molecule has 114 valence electrons. The maximum absolute atomic E-state index is 12.0. The van der Waals surface area contributed by atoms with E-state index in [0.29, 0.717) is 26.1 Å². The number of hydrogen-bond donors (Lipinski definition) is 2. The number of urea groups is 1. The van der Waals surface area contributed by atoms with Crippen LogP contribution in [0.25, 0.3) is 0 Å². The second kappa shape index (κ2) is 6.61. The lowest BCUT2D eigenvalue weighted by molar-refractivity contribution is -0.141. The summed E-state index contributed by atoms with van der Waals surface area (Å²) in [5.74, 6) is -1.02. The first kappa shape index (κ1) is 15.4. The Morgan fingerprint density at radius 2 is 2.05 bits per heavy atom. The summed E-state index contributed by atoms with van der Waals surface area (Å²) in [5, 5.41) is 11.8. The number of carboxylic acid groups (broad SMARTS) is 1. The summed E-state index contributed by atoms with van der Waals surface area (Å²) >= 11 is 0. The topological polar surface area (TPSA) is 69.6 Å². The van der Waals surface area contributed by atoms with Crippen molar-refractivity contribution in [2.45, 2.75) is 26.2 Å². The van der Waals surface area contributed by atoms with Crippen LogP contribution in [0, 0.1) is 12.8 Å². The summed E-state index contributed by atoms with van der Waals surface area (Å²) < 4.78 is 0. The SMILES string of the molecule is Cc1ccc(C(C)CNC(=O)N2CCC(C(=O)O)C2)cc1. The molecule has 2 N–H and O–H groups in total. The molecule has 5 nitrogen and oxygen atoms in total. The number of rotatable bonds is 4. The van der Waals surface area contributed by atoms with E-state index >= 15 is 0 Å². The highest BCUT2D eigenvalue weighted by atomic mass is 16.4. The number of aliphatic carboxylic acids is 1. The number of benzene rings is 1. The van der Waals surface area contributed by atoms with Gasteiger partial charge in [0.2, 0.25) is 0 Å². The minimum absolute atomic E-state index is 0.169. The van der Waals surface area contributed by atoms with E-state index in [4.69, 9.17) is 5.11 Å². The predicted octanol–water partition coefficient (Wildman–Crippen LogP) is 2.21. The number of carboxylic acids is 1. The number of aryl methyl sites for hydroxylation is 1. The minimum atomic E-state index is -0.821. The Hall–Kier alpha value is -2.04. The molecule has 2 atom stereocenters. The predicted molar refractivity (Wildman–Crippen MR) is 80.3 cm³/mol. The average Bonchev–Trinajstić information content (AvgIpc) is 2.95. The van der Waals surface area contributed by atoms with Crippen molar-refractivity contribution in [3.8, 4) is 0 Å². The molecule has 0 saturated carbocycles. The molecule has 21 heavy (non-hydrogen) atoms. The summed E-state index contributed by atoms with van der Waals surface area (Å²) in [6.07, 6.45) is 0.538. The molecule has 2 rings (SSSR count). The Bertz CT molecular complexity index is 513. The van der Waals surface area contributed by atoms with Crippen molar-refractivity contribution in [3.05, 3.63) is 35.4 Å². The smallest absolute Gasteiger partial charge is 0.317 e. The fourth-order valence-electron chi connectivity index (χ4n) is 2.51. The zero-order valence-electron chi connectivity index (χ0n) is 12.5. The van der Waals surface area contributed by atoms with Gasteiger partial charge in [0, 0.05) is 19.6 Å². The van der Waals surface area contributed by atoms with Crippen LogP contribution in [0.15, 0.2) is 24.3 Å². The van der Waals surface area contributed by atoms with E-state index in [1.165, 1.54) is 11.1 Å². The van der Waals surface area contributed by atoms with Gasteiger partial charge in [-0.3, -0.25) is 4.79 Å². The van der Waals surface area contributed by atoms with E-state index in [1.807, 2.05) is 6.92 Å². The van der Waals surface area contributed by atoms with E-state index < -0.39 is 11.9 Å². The fourth-order valence-corrected chi connectivity index (χ4v) is 2.51. The Balaban J connectivity index is 1.81. The van der Waals surface area contributed by atoms with Gasteiger partial charge in [-0.05, 0) is 24.8 Å². The molecule has 1 heterocycles. The number of carbonyl (C=O) groups is 2. The lowest BCUT2D eigenvalue weighted by atomic mass is 10.0. The Morgan fingerprint density at radius 3 is 2.62 bits per heavy atom. The highest BCUT2D eigenvalue weighted by molar-refractivity contribution is 5.77. The van der Waals surface area contributed by atoms with Crippen LogP contribution in [0.2, 0.25) is 0 Å². The first-order valence-corrected chi connectivity index (χ1v) is 7.29. The van der Waals surface area contributed by atoms with Gasteiger partial charge in [-0.1, -0.05) is 36.8 Å². The van der Waals surface area contributed by atoms with Gasteiger partial charge < -0.3 is 15.3 Å². The Kier molecular flexibility index (Phi) is 4.83. The van der Waals surface area contributed by atoms with Crippen LogP contribution < -0.4 is 5.32 Å². The number of nitrogens with zero attached hydrogens (tertiary/aromatic N) is 1. The highest BCUT2D eigenvalue weighted by Gasteiger charge is 2.30. The van der Waals surface area contributed by atoms with Crippen LogP contribution in [0.1, 0.15) is 30.4 Å². The normalized spacial score (nSPS) is 19.3. The molecule has 1 fully saturated rings. The quantitative estimate of drug-likeness (QED) is 0.893.